The third-order valence-electron chi connectivity index (χ3n) is 2.65. The number of benzene rings is 1. The lowest BCUT2D eigenvalue weighted by atomic mass is 10.2. The summed E-state index contributed by atoms with van der Waals surface area (Å²) in [5, 5.41) is 4.60. The van der Waals surface area contributed by atoms with Gasteiger partial charge in [-0.3, -0.25) is 0 Å². The summed E-state index contributed by atoms with van der Waals surface area (Å²) in [6.07, 6.45) is 3.42. The maximum absolute atomic E-state index is 6.09. The largest absolute Gasteiger partial charge is 0.492 e. The molecule has 1 rings (SSSR count). The van der Waals surface area contributed by atoms with Gasteiger partial charge in [-0.05, 0) is 50.6 Å². The molecule has 0 aliphatic heterocycles. The summed E-state index contributed by atoms with van der Waals surface area (Å²) in [5.41, 5.74) is 0.978. The Morgan fingerprint density at radius 1 is 1.17 bits per heavy atom. The fourth-order valence-electron chi connectivity index (χ4n) is 1.67. The zero-order valence-electron chi connectivity index (χ0n) is 11.1. The normalized spacial score (nSPS) is 10.7. The van der Waals surface area contributed by atoms with E-state index in [4.69, 9.17) is 27.9 Å². The molecule has 2 nitrogen and oxygen atoms in total. The summed E-state index contributed by atoms with van der Waals surface area (Å²) in [6.45, 7) is 6.87. The zero-order valence-corrected chi connectivity index (χ0v) is 12.6. The van der Waals surface area contributed by atoms with Gasteiger partial charge >= 0.3 is 0 Å². The second kappa shape index (κ2) is 8.63. The summed E-state index contributed by atoms with van der Waals surface area (Å²) in [6, 6.07) is 3.58. The van der Waals surface area contributed by atoms with Crippen LogP contribution in [0, 0.1) is 6.92 Å². The lowest BCUT2D eigenvalue weighted by molar-refractivity contribution is 0.306. The van der Waals surface area contributed by atoms with Crippen molar-refractivity contribution in [2.75, 3.05) is 19.7 Å². The van der Waals surface area contributed by atoms with E-state index in [0.717, 1.165) is 30.8 Å². The SMILES string of the molecule is CCCCNCCCOc1c(C)cc(Cl)cc1Cl. The van der Waals surface area contributed by atoms with Crippen molar-refractivity contribution in [2.45, 2.75) is 33.1 Å². The number of hydrogen-bond donors (Lipinski definition) is 1. The smallest absolute Gasteiger partial charge is 0.140 e. The van der Waals surface area contributed by atoms with Crippen LogP contribution in [-0.4, -0.2) is 19.7 Å². The molecule has 0 aromatic heterocycles. The van der Waals surface area contributed by atoms with Crippen LogP contribution in [0.4, 0.5) is 0 Å². The Morgan fingerprint density at radius 2 is 1.89 bits per heavy atom. The van der Waals surface area contributed by atoms with Crippen LogP contribution in [0.1, 0.15) is 31.7 Å². The van der Waals surface area contributed by atoms with Gasteiger partial charge in [-0.15, -0.1) is 0 Å². The quantitative estimate of drug-likeness (QED) is 0.714. The predicted octanol–water partition coefficient (Wildman–Crippen LogP) is 4.46. The highest BCUT2D eigenvalue weighted by Gasteiger charge is 2.06. The highest BCUT2D eigenvalue weighted by atomic mass is 35.5. The monoisotopic (exact) mass is 289 g/mol. The lowest BCUT2D eigenvalue weighted by Crippen LogP contribution is -2.18. The molecule has 0 bridgehead atoms. The zero-order chi connectivity index (χ0) is 13.4. The molecule has 1 N–H and O–H groups in total. The van der Waals surface area contributed by atoms with Crippen molar-refractivity contribution < 1.29 is 4.74 Å². The van der Waals surface area contributed by atoms with Gasteiger partial charge in [0.05, 0.1) is 11.6 Å². The van der Waals surface area contributed by atoms with Crippen molar-refractivity contribution in [1.29, 1.82) is 0 Å². The molecule has 1 aromatic carbocycles. The molecule has 0 heterocycles. The number of halogens is 2. The summed E-state index contributed by atoms with van der Waals surface area (Å²) in [5.74, 6) is 0.745. The first kappa shape index (κ1) is 15.6. The van der Waals surface area contributed by atoms with Crippen LogP contribution in [0.15, 0.2) is 12.1 Å². The van der Waals surface area contributed by atoms with E-state index >= 15 is 0 Å². The van der Waals surface area contributed by atoms with Crippen LogP contribution < -0.4 is 10.1 Å². The van der Waals surface area contributed by atoms with Crippen LogP contribution in [0.3, 0.4) is 0 Å². The van der Waals surface area contributed by atoms with Gasteiger partial charge in [-0.25, -0.2) is 0 Å². The van der Waals surface area contributed by atoms with Gasteiger partial charge in [-0.2, -0.15) is 0 Å². The molecule has 0 unspecified atom stereocenters. The number of unbranched alkanes of at least 4 members (excludes halogenated alkanes) is 1. The van der Waals surface area contributed by atoms with Crippen molar-refractivity contribution in [2.24, 2.45) is 0 Å². The molecule has 4 heteroatoms. The first-order valence-electron chi connectivity index (χ1n) is 6.44. The van der Waals surface area contributed by atoms with Crippen LogP contribution in [0.2, 0.25) is 10.0 Å². The van der Waals surface area contributed by atoms with Crippen molar-refractivity contribution in [3.05, 3.63) is 27.7 Å². The van der Waals surface area contributed by atoms with E-state index in [1.165, 1.54) is 12.8 Å². The van der Waals surface area contributed by atoms with Crippen molar-refractivity contribution in [1.82, 2.24) is 5.32 Å². The average Bonchev–Trinajstić information content (AvgIpc) is 2.30. The topological polar surface area (TPSA) is 21.3 Å². The molecule has 0 atom stereocenters. The molecule has 0 saturated heterocycles. The second-order valence-electron chi connectivity index (χ2n) is 4.34. The molecule has 0 aliphatic rings. The summed E-state index contributed by atoms with van der Waals surface area (Å²) >= 11 is 12.0. The summed E-state index contributed by atoms with van der Waals surface area (Å²) < 4.78 is 5.70. The van der Waals surface area contributed by atoms with E-state index in [0.29, 0.717) is 16.7 Å². The standard InChI is InChI=1S/C14H21Cl2NO/c1-3-4-6-17-7-5-8-18-14-11(2)9-12(15)10-13(14)16/h9-10,17H,3-8H2,1-2H3. The highest BCUT2D eigenvalue weighted by molar-refractivity contribution is 6.35. The average molecular weight is 290 g/mol. The van der Waals surface area contributed by atoms with E-state index in [2.05, 4.69) is 12.2 Å². The van der Waals surface area contributed by atoms with Gasteiger partial charge in [-0.1, -0.05) is 36.5 Å². The van der Waals surface area contributed by atoms with Gasteiger partial charge in [0.25, 0.3) is 0 Å². The number of rotatable bonds is 8. The van der Waals surface area contributed by atoms with Crippen LogP contribution in [0.25, 0.3) is 0 Å². The van der Waals surface area contributed by atoms with Crippen molar-refractivity contribution in [3.63, 3.8) is 0 Å². The molecule has 1 aromatic rings. The molecule has 18 heavy (non-hydrogen) atoms. The molecule has 0 fully saturated rings. The maximum Gasteiger partial charge on any atom is 0.140 e. The molecular formula is C14H21Cl2NO. The molecule has 0 amide bonds. The van der Waals surface area contributed by atoms with Gasteiger partial charge in [0.15, 0.2) is 0 Å². The fourth-order valence-corrected chi connectivity index (χ4v) is 2.32. The Hall–Kier alpha value is -0.440. The molecule has 102 valence electrons. The maximum atomic E-state index is 6.09. The number of aryl methyl sites for hydroxylation is 1. The van der Waals surface area contributed by atoms with Gasteiger partial charge < -0.3 is 10.1 Å². The Bertz CT molecular complexity index is 346. The van der Waals surface area contributed by atoms with Crippen LogP contribution in [0.5, 0.6) is 5.75 Å². The minimum absolute atomic E-state index is 0.582. The highest BCUT2D eigenvalue weighted by Crippen LogP contribution is 2.31. The molecule has 0 saturated carbocycles. The van der Waals surface area contributed by atoms with Crippen molar-refractivity contribution in [3.8, 4) is 5.75 Å². The predicted molar refractivity (Wildman–Crippen MR) is 79.1 cm³/mol. The molecule has 0 radical (unpaired) electrons. The fraction of sp³-hybridized carbons (Fsp3) is 0.571. The number of ether oxygens (including phenoxy) is 1. The Balaban J connectivity index is 2.27. The second-order valence-corrected chi connectivity index (χ2v) is 5.18. The third-order valence-corrected chi connectivity index (χ3v) is 3.14. The van der Waals surface area contributed by atoms with E-state index in [-0.39, 0.29) is 0 Å². The van der Waals surface area contributed by atoms with Gasteiger partial charge in [0.2, 0.25) is 0 Å². The summed E-state index contributed by atoms with van der Waals surface area (Å²) in [4.78, 5) is 0. The number of nitrogens with one attached hydrogen (secondary N) is 1. The van der Waals surface area contributed by atoms with E-state index in [1.54, 1.807) is 6.07 Å². The first-order valence-corrected chi connectivity index (χ1v) is 7.20. The molecular weight excluding hydrogens is 269 g/mol. The first-order chi connectivity index (χ1) is 8.65. The van der Waals surface area contributed by atoms with Gasteiger partial charge in [0.1, 0.15) is 5.75 Å². The molecule has 0 aliphatic carbocycles. The summed E-state index contributed by atoms with van der Waals surface area (Å²) in [7, 11) is 0. The minimum Gasteiger partial charge on any atom is -0.492 e. The van der Waals surface area contributed by atoms with E-state index in [1.807, 2.05) is 13.0 Å². The third kappa shape index (κ3) is 5.47. The van der Waals surface area contributed by atoms with Crippen LogP contribution in [-0.2, 0) is 0 Å². The van der Waals surface area contributed by atoms with Gasteiger partial charge in [0, 0.05) is 5.02 Å². The molecule has 0 spiro atoms. The Kier molecular flexibility index (Phi) is 7.48. The Morgan fingerprint density at radius 3 is 2.56 bits per heavy atom. The minimum atomic E-state index is 0.582. The Labute approximate surface area is 120 Å². The van der Waals surface area contributed by atoms with Crippen LogP contribution >= 0.6 is 23.2 Å². The van der Waals surface area contributed by atoms with E-state index < -0.39 is 0 Å². The lowest BCUT2D eigenvalue weighted by Gasteiger charge is -2.11. The van der Waals surface area contributed by atoms with E-state index in [9.17, 15) is 0 Å². The van der Waals surface area contributed by atoms with Crippen molar-refractivity contribution >= 4 is 23.2 Å². The number of hydrogen-bond acceptors (Lipinski definition) is 2.